The Morgan fingerprint density at radius 2 is 2.03 bits per heavy atom. The number of hydrogen-bond acceptors (Lipinski definition) is 4. The van der Waals surface area contributed by atoms with Crippen molar-refractivity contribution in [2.24, 2.45) is 4.99 Å². The molecule has 1 aromatic carbocycles. The number of halogens is 1. The fraction of sp³-hybridized carbons (Fsp3) is 0.636. The van der Waals surface area contributed by atoms with Gasteiger partial charge in [0.15, 0.2) is 5.96 Å². The molecule has 2 heterocycles. The average Bonchev–Trinajstić information content (AvgIpc) is 3.20. The van der Waals surface area contributed by atoms with E-state index in [1.54, 1.807) is 0 Å². The lowest BCUT2D eigenvalue weighted by molar-refractivity contribution is -0.122. The molecule has 0 saturated carbocycles. The zero-order chi connectivity index (χ0) is 20.5. The molecule has 3 rings (SSSR count). The number of aliphatic imine (C=N–C) groups is 1. The van der Waals surface area contributed by atoms with E-state index in [1.807, 2.05) is 7.05 Å². The van der Waals surface area contributed by atoms with E-state index in [1.165, 1.54) is 11.1 Å². The minimum Gasteiger partial charge on any atom is -0.493 e. The summed E-state index contributed by atoms with van der Waals surface area (Å²) in [6.45, 7) is 6.85. The zero-order valence-electron chi connectivity index (χ0n) is 18.2. The van der Waals surface area contributed by atoms with Gasteiger partial charge in [0.1, 0.15) is 5.75 Å². The van der Waals surface area contributed by atoms with Gasteiger partial charge in [-0.15, -0.1) is 24.0 Å². The number of benzene rings is 1. The Morgan fingerprint density at radius 3 is 2.77 bits per heavy atom. The molecule has 7 nitrogen and oxygen atoms in total. The van der Waals surface area contributed by atoms with Gasteiger partial charge in [-0.1, -0.05) is 19.1 Å². The maximum atomic E-state index is 11.9. The van der Waals surface area contributed by atoms with E-state index in [9.17, 15) is 4.79 Å². The highest BCUT2D eigenvalue weighted by Crippen LogP contribution is 2.25. The summed E-state index contributed by atoms with van der Waals surface area (Å²) >= 11 is 0. The molecule has 1 saturated heterocycles. The van der Waals surface area contributed by atoms with Crippen molar-refractivity contribution in [3.63, 3.8) is 0 Å². The minimum absolute atomic E-state index is 0. The molecule has 168 valence electrons. The molecule has 1 fully saturated rings. The molecule has 0 bridgehead atoms. The molecule has 0 unspecified atom stereocenters. The zero-order valence-corrected chi connectivity index (χ0v) is 20.5. The first-order chi connectivity index (χ1) is 14.2. The van der Waals surface area contributed by atoms with E-state index in [0.717, 1.165) is 76.6 Å². The number of carbonyl (C=O) groups is 1. The van der Waals surface area contributed by atoms with Crippen molar-refractivity contribution in [2.45, 2.75) is 45.1 Å². The second-order valence-electron chi connectivity index (χ2n) is 7.83. The van der Waals surface area contributed by atoms with Crippen LogP contribution in [0, 0.1) is 0 Å². The number of rotatable bonds is 8. The molecular formula is C22H36IN5O2. The molecular weight excluding hydrogens is 493 g/mol. The van der Waals surface area contributed by atoms with E-state index in [2.05, 4.69) is 51.0 Å². The number of amides is 1. The van der Waals surface area contributed by atoms with Crippen LogP contribution in [0.25, 0.3) is 0 Å². The number of likely N-dealkylation sites (tertiary alicyclic amines) is 1. The maximum absolute atomic E-state index is 11.9. The fourth-order valence-corrected chi connectivity index (χ4v) is 3.87. The summed E-state index contributed by atoms with van der Waals surface area (Å²) in [5.74, 6) is 2.02. The van der Waals surface area contributed by atoms with Crippen LogP contribution >= 0.6 is 24.0 Å². The lowest BCUT2D eigenvalue weighted by Gasteiger charge is -2.32. The van der Waals surface area contributed by atoms with Gasteiger partial charge in [0.25, 0.3) is 0 Å². The van der Waals surface area contributed by atoms with Gasteiger partial charge in [-0.05, 0) is 42.9 Å². The molecule has 3 N–H and O–H groups in total. The van der Waals surface area contributed by atoms with Gasteiger partial charge < -0.3 is 20.7 Å². The van der Waals surface area contributed by atoms with Gasteiger partial charge in [-0.3, -0.25) is 14.7 Å². The van der Waals surface area contributed by atoms with E-state index in [-0.39, 0.29) is 29.9 Å². The van der Waals surface area contributed by atoms with Crippen molar-refractivity contribution in [3.05, 3.63) is 29.3 Å². The first-order valence-electron chi connectivity index (χ1n) is 10.9. The quantitative estimate of drug-likeness (QED) is 0.273. The third kappa shape index (κ3) is 7.61. The van der Waals surface area contributed by atoms with E-state index >= 15 is 0 Å². The van der Waals surface area contributed by atoms with Crippen molar-refractivity contribution < 1.29 is 9.53 Å². The SMILES string of the molecule is CCCNC(=O)CN1CCC(NC(=NC)NCCc2ccc3c(c2)CCO3)CC1.I. The molecule has 2 aliphatic heterocycles. The van der Waals surface area contributed by atoms with Crippen LogP contribution in [0.5, 0.6) is 5.75 Å². The Labute approximate surface area is 197 Å². The largest absolute Gasteiger partial charge is 0.493 e. The van der Waals surface area contributed by atoms with Crippen LogP contribution in [0.3, 0.4) is 0 Å². The Morgan fingerprint density at radius 1 is 1.23 bits per heavy atom. The molecule has 1 amide bonds. The van der Waals surface area contributed by atoms with Gasteiger partial charge in [0.05, 0.1) is 13.2 Å². The van der Waals surface area contributed by atoms with Crippen LogP contribution in [0.15, 0.2) is 23.2 Å². The first-order valence-corrected chi connectivity index (χ1v) is 10.9. The Kier molecular flexibility index (Phi) is 10.7. The Balaban J connectivity index is 0.00000320. The van der Waals surface area contributed by atoms with Crippen LogP contribution in [-0.2, 0) is 17.6 Å². The lowest BCUT2D eigenvalue weighted by atomic mass is 10.1. The van der Waals surface area contributed by atoms with E-state index < -0.39 is 0 Å². The molecule has 0 spiro atoms. The summed E-state index contributed by atoms with van der Waals surface area (Å²) in [7, 11) is 1.81. The van der Waals surface area contributed by atoms with E-state index in [4.69, 9.17) is 4.74 Å². The van der Waals surface area contributed by atoms with Gasteiger partial charge >= 0.3 is 0 Å². The first kappa shape index (κ1) is 24.7. The Hall–Kier alpha value is -1.55. The molecule has 0 atom stereocenters. The predicted octanol–water partition coefficient (Wildman–Crippen LogP) is 1.94. The third-order valence-corrected chi connectivity index (χ3v) is 5.55. The normalized spacial score (nSPS) is 16.9. The maximum Gasteiger partial charge on any atom is 0.234 e. The number of fused-ring (bicyclic) bond motifs is 1. The smallest absolute Gasteiger partial charge is 0.234 e. The average molecular weight is 529 g/mol. The highest BCUT2D eigenvalue weighted by atomic mass is 127. The second-order valence-corrected chi connectivity index (χ2v) is 7.83. The number of piperidine rings is 1. The summed E-state index contributed by atoms with van der Waals surface area (Å²) in [6.07, 6.45) is 4.99. The van der Waals surface area contributed by atoms with Crippen LogP contribution < -0.4 is 20.7 Å². The van der Waals surface area contributed by atoms with Crippen LogP contribution in [0.2, 0.25) is 0 Å². The number of carbonyl (C=O) groups excluding carboxylic acids is 1. The predicted molar refractivity (Wildman–Crippen MR) is 132 cm³/mol. The number of nitrogens with zero attached hydrogens (tertiary/aromatic N) is 2. The number of hydrogen-bond donors (Lipinski definition) is 3. The van der Waals surface area contributed by atoms with Crippen LogP contribution in [-0.4, -0.2) is 69.2 Å². The summed E-state index contributed by atoms with van der Waals surface area (Å²) in [4.78, 5) is 18.5. The molecule has 0 radical (unpaired) electrons. The van der Waals surface area contributed by atoms with E-state index in [0.29, 0.717) is 12.6 Å². The number of guanidine groups is 1. The van der Waals surface area contributed by atoms with Gasteiger partial charge in [0, 0.05) is 45.7 Å². The Bertz CT molecular complexity index is 705. The number of nitrogens with one attached hydrogen (secondary N) is 3. The van der Waals surface area contributed by atoms with Crippen molar-refractivity contribution >= 4 is 35.8 Å². The van der Waals surface area contributed by atoms with Crippen molar-refractivity contribution in [1.82, 2.24) is 20.9 Å². The summed E-state index contributed by atoms with van der Waals surface area (Å²) in [6, 6.07) is 6.88. The summed E-state index contributed by atoms with van der Waals surface area (Å²) < 4.78 is 5.57. The minimum atomic E-state index is 0. The lowest BCUT2D eigenvalue weighted by Crippen LogP contribution is -2.50. The molecule has 8 heteroatoms. The standard InChI is InChI=1S/C22H35N5O2.HI/c1-3-10-24-21(28)16-27-12-7-19(8-13-27)26-22(23-2)25-11-6-17-4-5-20-18(15-17)9-14-29-20;/h4-5,15,19H,3,6-14,16H2,1-2H3,(H,24,28)(H2,23,25,26);1H. The molecule has 0 aliphatic carbocycles. The number of ether oxygens (including phenoxy) is 1. The molecule has 2 aliphatic rings. The fourth-order valence-electron chi connectivity index (χ4n) is 3.87. The van der Waals surface area contributed by atoms with Gasteiger partial charge in [0.2, 0.25) is 5.91 Å². The highest BCUT2D eigenvalue weighted by molar-refractivity contribution is 14.0. The summed E-state index contributed by atoms with van der Waals surface area (Å²) in [5, 5.41) is 9.91. The molecule has 1 aromatic rings. The monoisotopic (exact) mass is 529 g/mol. The van der Waals surface area contributed by atoms with Gasteiger partial charge in [-0.2, -0.15) is 0 Å². The second kappa shape index (κ2) is 13.0. The molecule has 0 aromatic heterocycles. The van der Waals surface area contributed by atoms with Gasteiger partial charge in [-0.25, -0.2) is 0 Å². The van der Waals surface area contributed by atoms with Crippen LogP contribution in [0.4, 0.5) is 0 Å². The van der Waals surface area contributed by atoms with Crippen molar-refractivity contribution in [1.29, 1.82) is 0 Å². The molecule has 30 heavy (non-hydrogen) atoms. The topological polar surface area (TPSA) is 78.0 Å². The van der Waals surface area contributed by atoms with Crippen molar-refractivity contribution in [3.8, 4) is 5.75 Å². The van der Waals surface area contributed by atoms with Crippen molar-refractivity contribution in [2.75, 3.05) is 46.4 Å². The van der Waals surface area contributed by atoms with Crippen LogP contribution in [0.1, 0.15) is 37.3 Å². The third-order valence-electron chi connectivity index (χ3n) is 5.55. The highest BCUT2D eigenvalue weighted by Gasteiger charge is 2.21. The summed E-state index contributed by atoms with van der Waals surface area (Å²) in [5.41, 5.74) is 2.65.